The van der Waals surface area contributed by atoms with Gasteiger partial charge in [0.25, 0.3) is 0 Å². The van der Waals surface area contributed by atoms with E-state index in [4.69, 9.17) is 0 Å². The Labute approximate surface area is 333 Å². The fraction of sp³-hybridized carbons (Fsp3) is 0. The number of aromatic nitrogens is 2. The topological polar surface area (TPSA) is 9.86 Å². The Morgan fingerprint density at radius 1 is 0.281 bits per heavy atom. The monoisotopic (exact) mass is 742 g/mol. The highest BCUT2D eigenvalue weighted by Gasteiger charge is 2.20. The maximum Gasteiger partial charge on any atom is 0.0561 e. The second-order valence-corrected chi connectivity index (χ2v) is 16.0. The van der Waals surface area contributed by atoms with E-state index in [1.165, 1.54) is 109 Å². The molecule has 0 radical (unpaired) electrons. The number of fused-ring (bicyclic) bond motifs is 9. The summed E-state index contributed by atoms with van der Waals surface area (Å²) in [7, 11) is 0. The van der Waals surface area contributed by atoms with Gasteiger partial charge in [0.05, 0.1) is 27.8 Å². The van der Waals surface area contributed by atoms with Crippen LogP contribution in [0.2, 0.25) is 0 Å². The van der Waals surface area contributed by atoms with Crippen LogP contribution in [0.15, 0.2) is 206 Å². The van der Waals surface area contributed by atoms with E-state index >= 15 is 0 Å². The van der Waals surface area contributed by atoms with Crippen molar-refractivity contribution in [3.8, 4) is 44.8 Å². The third-order valence-corrected chi connectivity index (χ3v) is 12.8. The van der Waals surface area contributed by atoms with Crippen molar-refractivity contribution in [3.05, 3.63) is 206 Å². The molecule has 3 aromatic heterocycles. The lowest BCUT2D eigenvalue weighted by atomic mass is 9.97. The van der Waals surface area contributed by atoms with Gasteiger partial charge in [0.1, 0.15) is 0 Å². The molecule has 3 heteroatoms. The summed E-state index contributed by atoms with van der Waals surface area (Å²) >= 11 is 1.88. The van der Waals surface area contributed by atoms with Gasteiger partial charge in [-0.05, 0) is 106 Å². The number of benzene rings is 9. The Morgan fingerprint density at radius 2 is 0.789 bits per heavy atom. The van der Waals surface area contributed by atoms with Crippen LogP contribution in [0.4, 0.5) is 0 Å². The van der Waals surface area contributed by atoms with Crippen molar-refractivity contribution in [3.63, 3.8) is 0 Å². The summed E-state index contributed by atoms with van der Waals surface area (Å²) in [5.41, 5.74) is 14.5. The summed E-state index contributed by atoms with van der Waals surface area (Å²) in [4.78, 5) is 0. The Morgan fingerprint density at radius 3 is 1.49 bits per heavy atom. The number of hydrogen-bond acceptors (Lipinski definition) is 1. The summed E-state index contributed by atoms with van der Waals surface area (Å²) in [6.07, 6.45) is 0. The lowest BCUT2D eigenvalue weighted by molar-refractivity contribution is 1.18. The standard InChI is InChI=1S/C54H34N2S/c1-3-14-35(15-4-1)36-16-13-17-37(30-36)40-33-51(54-44-22-9-12-25-52(44)57-53(54)34-40)56-48-24-11-8-21-43(48)46-32-39(27-29-50(46)56)38-26-28-49-45(31-38)42-20-7-10-23-47(42)55(49)41-18-5-2-6-19-41/h1-34H. The van der Waals surface area contributed by atoms with E-state index in [1.807, 2.05) is 11.3 Å². The first-order valence-electron chi connectivity index (χ1n) is 19.5. The molecule has 2 nitrogen and oxygen atoms in total. The van der Waals surface area contributed by atoms with Gasteiger partial charge in [0.2, 0.25) is 0 Å². The molecular weight excluding hydrogens is 709 g/mol. The smallest absolute Gasteiger partial charge is 0.0561 e. The van der Waals surface area contributed by atoms with Crippen molar-refractivity contribution in [2.75, 3.05) is 0 Å². The Bertz CT molecular complexity index is 3510. The molecular formula is C54H34N2S. The third-order valence-electron chi connectivity index (χ3n) is 11.7. The third kappa shape index (κ3) is 5.03. The highest BCUT2D eigenvalue weighted by Crippen LogP contribution is 2.44. The molecule has 0 unspecified atom stereocenters. The molecule has 0 spiro atoms. The lowest BCUT2D eigenvalue weighted by Gasteiger charge is -2.14. The van der Waals surface area contributed by atoms with Gasteiger partial charge in [-0.25, -0.2) is 0 Å². The van der Waals surface area contributed by atoms with Gasteiger partial charge in [0, 0.05) is 47.4 Å². The summed E-state index contributed by atoms with van der Waals surface area (Å²) < 4.78 is 7.49. The second kappa shape index (κ2) is 12.7. The lowest BCUT2D eigenvalue weighted by Crippen LogP contribution is -1.96. The fourth-order valence-electron chi connectivity index (χ4n) is 9.10. The SMILES string of the molecule is c1ccc(-c2cccc(-c3cc(-n4c5ccccc5c5cc(-c6ccc7c(c6)c6ccccc6n7-c6ccccc6)ccc54)c4c(c3)sc3ccccc34)c2)cc1. The van der Waals surface area contributed by atoms with Gasteiger partial charge in [-0.3, -0.25) is 0 Å². The van der Waals surface area contributed by atoms with Crippen molar-refractivity contribution >= 4 is 75.1 Å². The highest BCUT2D eigenvalue weighted by atomic mass is 32.1. The van der Waals surface area contributed by atoms with Crippen LogP contribution in [0.1, 0.15) is 0 Å². The van der Waals surface area contributed by atoms with Crippen LogP contribution in [0, 0.1) is 0 Å². The van der Waals surface area contributed by atoms with E-state index in [-0.39, 0.29) is 0 Å². The molecule has 0 amide bonds. The Hall–Kier alpha value is -7.20. The van der Waals surface area contributed by atoms with E-state index < -0.39 is 0 Å². The minimum atomic E-state index is 1.17. The van der Waals surface area contributed by atoms with Crippen molar-refractivity contribution in [1.29, 1.82) is 0 Å². The molecule has 12 aromatic rings. The molecule has 0 aliphatic carbocycles. The quantitative estimate of drug-likeness (QED) is 0.166. The van der Waals surface area contributed by atoms with Crippen molar-refractivity contribution in [2.45, 2.75) is 0 Å². The van der Waals surface area contributed by atoms with Crippen molar-refractivity contribution in [1.82, 2.24) is 9.13 Å². The summed E-state index contributed by atoms with van der Waals surface area (Å²) in [6, 6.07) is 75.7. The molecule has 0 aliphatic heterocycles. The first kappa shape index (κ1) is 32.1. The average molecular weight is 743 g/mol. The number of thiophene rings is 1. The molecule has 9 aromatic carbocycles. The highest BCUT2D eigenvalue weighted by molar-refractivity contribution is 7.26. The summed E-state index contributed by atoms with van der Waals surface area (Å²) in [5.74, 6) is 0. The van der Waals surface area contributed by atoms with Gasteiger partial charge in [-0.1, -0.05) is 133 Å². The van der Waals surface area contributed by atoms with Crippen LogP contribution in [0.25, 0.3) is 109 Å². The molecule has 12 rings (SSSR count). The van der Waals surface area contributed by atoms with Crippen molar-refractivity contribution < 1.29 is 0 Å². The minimum Gasteiger partial charge on any atom is -0.309 e. The number of rotatable bonds is 5. The second-order valence-electron chi connectivity index (χ2n) is 14.9. The predicted octanol–water partition coefficient (Wildman–Crippen LogP) is 15.2. The molecule has 0 atom stereocenters. The average Bonchev–Trinajstić information content (AvgIpc) is 3.94. The summed E-state index contributed by atoms with van der Waals surface area (Å²) in [6.45, 7) is 0. The molecule has 0 N–H and O–H groups in total. The van der Waals surface area contributed by atoms with Crippen LogP contribution < -0.4 is 0 Å². The number of nitrogens with zero attached hydrogens (tertiary/aromatic N) is 2. The van der Waals surface area contributed by atoms with E-state index in [0.717, 1.165) is 0 Å². The van der Waals surface area contributed by atoms with E-state index in [1.54, 1.807) is 0 Å². The zero-order valence-corrected chi connectivity index (χ0v) is 31.7. The predicted molar refractivity (Wildman–Crippen MR) is 244 cm³/mol. The van der Waals surface area contributed by atoms with Crippen LogP contribution >= 0.6 is 11.3 Å². The Balaban J connectivity index is 1.08. The largest absolute Gasteiger partial charge is 0.309 e. The first-order valence-corrected chi connectivity index (χ1v) is 20.3. The van der Waals surface area contributed by atoms with Gasteiger partial charge in [-0.2, -0.15) is 0 Å². The number of hydrogen-bond donors (Lipinski definition) is 0. The van der Waals surface area contributed by atoms with Crippen LogP contribution in [0.5, 0.6) is 0 Å². The van der Waals surface area contributed by atoms with Gasteiger partial charge in [0.15, 0.2) is 0 Å². The molecule has 0 bridgehead atoms. The molecule has 266 valence electrons. The molecule has 0 fully saturated rings. The summed E-state index contributed by atoms with van der Waals surface area (Å²) in [5, 5.41) is 7.61. The zero-order valence-electron chi connectivity index (χ0n) is 30.9. The first-order chi connectivity index (χ1) is 28.3. The molecule has 0 aliphatic rings. The van der Waals surface area contributed by atoms with Gasteiger partial charge < -0.3 is 9.13 Å². The van der Waals surface area contributed by atoms with Crippen LogP contribution in [-0.4, -0.2) is 9.13 Å². The molecule has 3 heterocycles. The number of para-hydroxylation sites is 3. The molecule has 0 saturated heterocycles. The minimum absolute atomic E-state index is 1.17. The van der Waals surface area contributed by atoms with Crippen LogP contribution in [0.3, 0.4) is 0 Å². The normalized spacial score (nSPS) is 11.9. The van der Waals surface area contributed by atoms with Crippen molar-refractivity contribution in [2.24, 2.45) is 0 Å². The molecule has 0 saturated carbocycles. The van der Waals surface area contributed by atoms with Gasteiger partial charge >= 0.3 is 0 Å². The maximum absolute atomic E-state index is 2.51. The fourth-order valence-corrected chi connectivity index (χ4v) is 10.3. The maximum atomic E-state index is 2.51. The van der Waals surface area contributed by atoms with E-state index in [2.05, 4.69) is 215 Å². The molecule has 57 heavy (non-hydrogen) atoms. The van der Waals surface area contributed by atoms with E-state index in [0.29, 0.717) is 0 Å². The zero-order chi connectivity index (χ0) is 37.5. The van der Waals surface area contributed by atoms with E-state index in [9.17, 15) is 0 Å². The van der Waals surface area contributed by atoms with Gasteiger partial charge in [-0.15, -0.1) is 11.3 Å². The Kier molecular flexibility index (Phi) is 7.13. The van der Waals surface area contributed by atoms with Crippen LogP contribution in [-0.2, 0) is 0 Å².